The SMILES string of the molecule is Cc1cc(C)c(OC(C)C)c(-c2ccccc2)c1. The molecule has 0 spiro atoms. The average Bonchev–Trinajstić information content (AvgIpc) is 2.33. The van der Waals surface area contributed by atoms with Gasteiger partial charge >= 0.3 is 0 Å². The largest absolute Gasteiger partial charge is 0.490 e. The Hall–Kier alpha value is -1.76. The Bertz CT molecular complexity index is 527. The minimum atomic E-state index is 0.189. The first-order valence-electron chi connectivity index (χ1n) is 6.41. The van der Waals surface area contributed by atoms with Gasteiger partial charge in [-0.25, -0.2) is 0 Å². The minimum absolute atomic E-state index is 0.189. The number of rotatable bonds is 3. The Kier molecular flexibility index (Phi) is 3.71. The second-order valence-corrected chi connectivity index (χ2v) is 4.99. The van der Waals surface area contributed by atoms with Crippen LogP contribution in [0, 0.1) is 13.8 Å². The third-order valence-electron chi connectivity index (χ3n) is 2.86. The second kappa shape index (κ2) is 5.26. The van der Waals surface area contributed by atoms with Crippen LogP contribution in [0.1, 0.15) is 25.0 Å². The predicted octanol–water partition coefficient (Wildman–Crippen LogP) is 4.76. The molecule has 0 saturated heterocycles. The summed E-state index contributed by atoms with van der Waals surface area (Å²) in [6.45, 7) is 8.36. The molecule has 0 amide bonds. The predicted molar refractivity (Wildman–Crippen MR) is 77.1 cm³/mol. The van der Waals surface area contributed by atoms with Crippen LogP contribution in [0.15, 0.2) is 42.5 Å². The van der Waals surface area contributed by atoms with Crippen LogP contribution in [0.2, 0.25) is 0 Å². The second-order valence-electron chi connectivity index (χ2n) is 4.99. The van der Waals surface area contributed by atoms with Crippen LogP contribution in [0.3, 0.4) is 0 Å². The Morgan fingerprint density at radius 1 is 0.944 bits per heavy atom. The molecule has 0 aliphatic heterocycles. The number of aryl methyl sites for hydroxylation is 2. The summed E-state index contributed by atoms with van der Waals surface area (Å²) in [6, 6.07) is 14.8. The first-order chi connectivity index (χ1) is 8.58. The Balaban J connectivity index is 2.57. The van der Waals surface area contributed by atoms with Crippen LogP contribution in [0.25, 0.3) is 11.1 Å². The van der Waals surface area contributed by atoms with E-state index in [1.807, 2.05) is 6.07 Å². The molecule has 0 unspecified atom stereocenters. The van der Waals surface area contributed by atoms with Gasteiger partial charge in [0.05, 0.1) is 6.10 Å². The molecule has 0 N–H and O–H groups in total. The number of hydrogen-bond acceptors (Lipinski definition) is 1. The van der Waals surface area contributed by atoms with Crippen LogP contribution in [0.4, 0.5) is 0 Å². The third-order valence-corrected chi connectivity index (χ3v) is 2.86. The summed E-state index contributed by atoms with van der Waals surface area (Å²) in [7, 11) is 0. The monoisotopic (exact) mass is 240 g/mol. The highest BCUT2D eigenvalue weighted by atomic mass is 16.5. The van der Waals surface area contributed by atoms with Gasteiger partial charge in [0.1, 0.15) is 5.75 Å². The van der Waals surface area contributed by atoms with Gasteiger partial charge in [-0.15, -0.1) is 0 Å². The van der Waals surface area contributed by atoms with E-state index in [1.165, 1.54) is 22.3 Å². The van der Waals surface area contributed by atoms with Crippen molar-refractivity contribution in [2.75, 3.05) is 0 Å². The van der Waals surface area contributed by atoms with E-state index >= 15 is 0 Å². The van der Waals surface area contributed by atoms with E-state index in [1.54, 1.807) is 0 Å². The van der Waals surface area contributed by atoms with Gasteiger partial charge in [0.25, 0.3) is 0 Å². The van der Waals surface area contributed by atoms with Crippen LogP contribution >= 0.6 is 0 Å². The van der Waals surface area contributed by atoms with Crippen LogP contribution in [-0.2, 0) is 0 Å². The fraction of sp³-hybridized carbons (Fsp3) is 0.294. The fourth-order valence-electron chi connectivity index (χ4n) is 2.18. The number of hydrogen-bond donors (Lipinski definition) is 0. The van der Waals surface area contributed by atoms with Crippen LogP contribution < -0.4 is 4.74 Å². The molecule has 0 radical (unpaired) electrons. The van der Waals surface area contributed by atoms with Crippen molar-refractivity contribution in [1.82, 2.24) is 0 Å². The molecule has 0 aromatic heterocycles. The lowest BCUT2D eigenvalue weighted by atomic mass is 9.99. The summed E-state index contributed by atoms with van der Waals surface area (Å²) in [5.74, 6) is 1.00. The van der Waals surface area contributed by atoms with Gasteiger partial charge in [-0.2, -0.15) is 0 Å². The lowest BCUT2D eigenvalue weighted by molar-refractivity contribution is 0.242. The smallest absolute Gasteiger partial charge is 0.130 e. The first kappa shape index (κ1) is 12.7. The zero-order chi connectivity index (χ0) is 13.1. The van der Waals surface area contributed by atoms with Crippen molar-refractivity contribution in [2.45, 2.75) is 33.8 Å². The van der Waals surface area contributed by atoms with E-state index in [0.29, 0.717) is 0 Å². The molecule has 0 fully saturated rings. The molecule has 2 aromatic carbocycles. The molecule has 2 aromatic rings. The van der Waals surface area contributed by atoms with Gasteiger partial charge in [-0.05, 0) is 50.5 Å². The summed E-state index contributed by atoms with van der Waals surface area (Å²) in [5, 5.41) is 0. The van der Waals surface area contributed by atoms with Crippen molar-refractivity contribution in [3.63, 3.8) is 0 Å². The topological polar surface area (TPSA) is 9.23 Å². The zero-order valence-electron chi connectivity index (χ0n) is 11.5. The maximum absolute atomic E-state index is 5.99. The Labute approximate surface area is 109 Å². The molecular formula is C17H20O. The van der Waals surface area contributed by atoms with Gasteiger partial charge < -0.3 is 4.74 Å². The van der Waals surface area contributed by atoms with Crippen molar-refractivity contribution < 1.29 is 4.74 Å². The van der Waals surface area contributed by atoms with Crippen molar-refractivity contribution in [3.05, 3.63) is 53.6 Å². The van der Waals surface area contributed by atoms with Gasteiger partial charge in [-0.1, -0.05) is 36.4 Å². The highest BCUT2D eigenvalue weighted by Crippen LogP contribution is 2.34. The maximum Gasteiger partial charge on any atom is 0.130 e. The van der Waals surface area contributed by atoms with E-state index in [0.717, 1.165) is 5.75 Å². The molecule has 0 heterocycles. The lowest BCUT2D eigenvalue weighted by Crippen LogP contribution is -2.08. The van der Waals surface area contributed by atoms with Crippen LogP contribution in [-0.4, -0.2) is 6.10 Å². The summed E-state index contributed by atoms with van der Waals surface area (Å²) >= 11 is 0. The van der Waals surface area contributed by atoms with Crippen molar-refractivity contribution in [2.24, 2.45) is 0 Å². The van der Waals surface area contributed by atoms with E-state index < -0.39 is 0 Å². The first-order valence-corrected chi connectivity index (χ1v) is 6.41. The maximum atomic E-state index is 5.99. The molecule has 0 aliphatic rings. The third kappa shape index (κ3) is 2.73. The number of benzene rings is 2. The standard InChI is InChI=1S/C17H20O/c1-12(2)18-17-14(4)10-13(3)11-16(17)15-8-6-5-7-9-15/h5-12H,1-4H3. The highest BCUT2D eigenvalue weighted by Gasteiger charge is 2.11. The van der Waals surface area contributed by atoms with E-state index in [-0.39, 0.29) is 6.10 Å². The zero-order valence-corrected chi connectivity index (χ0v) is 11.5. The summed E-state index contributed by atoms with van der Waals surface area (Å²) in [5.41, 5.74) is 4.85. The van der Waals surface area contributed by atoms with E-state index in [2.05, 4.69) is 64.1 Å². The molecular weight excluding hydrogens is 220 g/mol. The average molecular weight is 240 g/mol. The molecule has 18 heavy (non-hydrogen) atoms. The Morgan fingerprint density at radius 3 is 2.22 bits per heavy atom. The molecule has 0 saturated carbocycles. The molecule has 94 valence electrons. The molecule has 0 atom stereocenters. The Morgan fingerprint density at radius 2 is 1.61 bits per heavy atom. The van der Waals surface area contributed by atoms with Gasteiger partial charge in [0, 0.05) is 5.56 Å². The fourth-order valence-corrected chi connectivity index (χ4v) is 2.18. The minimum Gasteiger partial charge on any atom is -0.490 e. The normalized spacial score (nSPS) is 10.7. The van der Waals surface area contributed by atoms with Crippen molar-refractivity contribution in [3.8, 4) is 16.9 Å². The lowest BCUT2D eigenvalue weighted by Gasteiger charge is -2.18. The van der Waals surface area contributed by atoms with Gasteiger partial charge in [-0.3, -0.25) is 0 Å². The summed E-state index contributed by atoms with van der Waals surface area (Å²) in [6.07, 6.45) is 0.189. The molecule has 2 rings (SSSR count). The summed E-state index contributed by atoms with van der Waals surface area (Å²) in [4.78, 5) is 0. The molecule has 0 bridgehead atoms. The highest BCUT2D eigenvalue weighted by molar-refractivity contribution is 5.73. The van der Waals surface area contributed by atoms with Crippen molar-refractivity contribution in [1.29, 1.82) is 0 Å². The molecule has 1 nitrogen and oxygen atoms in total. The quantitative estimate of drug-likeness (QED) is 0.751. The molecule has 0 aliphatic carbocycles. The van der Waals surface area contributed by atoms with Gasteiger partial charge in [0.15, 0.2) is 0 Å². The van der Waals surface area contributed by atoms with E-state index in [9.17, 15) is 0 Å². The van der Waals surface area contributed by atoms with Gasteiger partial charge in [0.2, 0.25) is 0 Å². The van der Waals surface area contributed by atoms with E-state index in [4.69, 9.17) is 4.74 Å². The number of ether oxygens (including phenoxy) is 1. The van der Waals surface area contributed by atoms with Crippen LogP contribution in [0.5, 0.6) is 5.75 Å². The summed E-state index contributed by atoms with van der Waals surface area (Å²) < 4.78 is 5.99. The molecule has 1 heteroatoms. The van der Waals surface area contributed by atoms with Crippen molar-refractivity contribution >= 4 is 0 Å².